The normalized spacial score (nSPS) is 16.4. The van der Waals surface area contributed by atoms with Crippen molar-refractivity contribution in [1.29, 1.82) is 0 Å². The summed E-state index contributed by atoms with van der Waals surface area (Å²) < 4.78 is 20.7. The van der Waals surface area contributed by atoms with Crippen molar-refractivity contribution in [3.05, 3.63) is 83.5 Å². The first-order chi connectivity index (χ1) is 19.6. The predicted molar refractivity (Wildman–Crippen MR) is 164 cm³/mol. The van der Waals surface area contributed by atoms with Crippen LogP contribution >= 0.6 is 11.3 Å². The van der Waals surface area contributed by atoms with Crippen molar-refractivity contribution in [2.75, 3.05) is 19.7 Å². The number of rotatable bonds is 9. The molecule has 1 aromatic carbocycles. The van der Waals surface area contributed by atoms with Crippen LogP contribution in [0.5, 0.6) is 11.5 Å². The van der Waals surface area contributed by atoms with Crippen LogP contribution in [0.4, 0.5) is 4.79 Å². The van der Waals surface area contributed by atoms with Gasteiger partial charge in [-0.2, -0.15) is 0 Å². The van der Waals surface area contributed by atoms with E-state index in [1.165, 1.54) is 0 Å². The molecule has 8 nitrogen and oxygen atoms in total. The Hall–Kier alpha value is -3.98. The van der Waals surface area contributed by atoms with Gasteiger partial charge in [-0.05, 0) is 88.4 Å². The smallest absolute Gasteiger partial charge is 0.410 e. The Morgan fingerprint density at radius 2 is 1.90 bits per heavy atom. The molecule has 1 aliphatic rings. The van der Waals surface area contributed by atoms with Crippen LogP contribution in [0.1, 0.15) is 51.0 Å². The molecule has 0 aliphatic carbocycles. The van der Waals surface area contributed by atoms with Crippen molar-refractivity contribution in [2.24, 2.45) is 7.05 Å². The van der Waals surface area contributed by atoms with E-state index in [1.54, 1.807) is 28.4 Å². The lowest BCUT2D eigenvalue weighted by Crippen LogP contribution is -2.46. The summed E-state index contributed by atoms with van der Waals surface area (Å²) in [5.74, 6) is 1.18. The third-order valence-electron chi connectivity index (χ3n) is 6.67. The van der Waals surface area contributed by atoms with Gasteiger partial charge in [-0.25, -0.2) is 4.79 Å². The summed E-state index contributed by atoms with van der Waals surface area (Å²) in [4.78, 5) is 27.3. The van der Waals surface area contributed by atoms with Crippen LogP contribution in [0.2, 0.25) is 0 Å². The fourth-order valence-corrected chi connectivity index (χ4v) is 5.46. The molecule has 3 heterocycles. The SMILES string of the molecule is C=C/C=C(NC(=O)c1cc2sccc2n1C)\C(=C/C)COc1ccc(OC2CCCN(C(=O)OC(C)(C)C)C2)cc1. The third-order valence-corrected chi connectivity index (χ3v) is 7.53. The number of thiophene rings is 1. The Kier molecular flexibility index (Phi) is 9.60. The van der Waals surface area contributed by atoms with E-state index in [9.17, 15) is 9.59 Å². The topological polar surface area (TPSA) is 82.0 Å². The number of likely N-dealkylation sites (tertiary alicyclic amines) is 1. The van der Waals surface area contributed by atoms with Crippen molar-refractivity contribution < 1.29 is 23.8 Å². The largest absolute Gasteiger partial charge is 0.489 e. The molecule has 1 fully saturated rings. The molecule has 0 bridgehead atoms. The van der Waals surface area contributed by atoms with Crippen LogP contribution in [-0.4, -0.2) is 52.9 Å². The van der Waals surface area contributed by atoms with E-state index in [4.69, 9.17) is 14.2 Å². The molecule has 1 saturated heterocycles. The number of carbonyl (C=O) groups excluding carboxylic acids is 2. The Morgan fingerprint density at radius 3 is 2.56 bits per heavy atom. The van der Waals surface area contributed by atoms with Gasteiger partial charge in [0, 0.05) is 24.9 Å². The minimum atomic E-state index is -0.528. The number of piperidine rings is 1. The summed E-state index contributed by atoms with van der Waals surface area (Å²) in [6.07, 6.45) is 6.64. The fourth-order valence-electron chi connectivity index (χ4n) is 4.61. The van der Waals surface area contributed by atoms with Crippen molar-refractivity contribution >= 4 is 33.6 Å². The lowest BCUT2D eigenvalue weighted by Gasteiger charge is -2.34. The van der Waals surface area contributed by atoms with Crippen LogP contribution in [0.3, 0.4) is 0 Å². The average molecular weight is 578 g/mol. The molecule has 0 radical (unpaired) electrons. The zero-order valence-electron chi connectivity index (χ0n) is 24.4. The van der Waals surface area contributed by atoms with Crippen molar-refractivity contribution in [2.45, 2.75) is 52.2 Å². The molecule has 0 saturated carbocycles. The van der Waals surface area contributed by atoms with Gasteiger partial charge in [-0.15, -0.1) is 11.3 Å². The van der Waals surface area contributed by atoms with E-state index in [0.717, 1.165) is 28.6 Å². The van der Waals surface area contributed by atoms with Gasteiger partial charge in [0.25, 0.3) is 5.91 Å². The highest BCUT2D eigenvalue weighted by molar-refractivity contribution is 7.17. The van der Waals surface area contributed by atoms with Gasteiger partial charge in [-0.3, -0.25) is 4.79 Å². The second-order valence-electron chi connectivity index (χ2n) is 10.9. The molecule has 9 heteroatoms. The molecule has 41 heavy (non-hydrogen) atoms. The van der Waals surface area contributed by atoms with Crippen LogP contribution < -0.4 is 14.8 Å². The first kappa shape index (κ1) is 30.0. The van der Waals surface area contributed by atoms with Crippen LogP contribution in [0, 0.1) is 0 Å². The first-order valence-electron chi connectivity index (χ1n) is 13.8. The standard InChI is InChI=1S/C32H39N3O5S/c1-7-10-26(33-30(36)28-19-29-27(34(28)6)16-18-41-29)22(8-2)21-38-23-12-14-24(15-13-23)39-25-11-9-17-35(20-25)31(37)40-32(3,4)5/h7-8,10,12-16,18-19,25H,1,9,11,17,20-21H2,2-6H3,(H,33,36)/b22-8-,26-10+. The van der Waals surface area contributed by atoms with E-state index in [1.807, 2.05) is 87.2 Å². The number of nitrogens with zero attached hydrogens (tertiary/aromatic N) is 2. The Labute approximate surface area is 245 Å². The van der Waals surface area contributed by atoms with Crippen LogP contribution in [0.25, 0.3) is 10.2 Å². The Bertz CT molecular complexity index is 1440. The van der Waals surface area contributed by atoms with Crippen molar-refractivity contribution in [3.63, 3.8) is 0 Å². The summed E-state index contributed by atoms with van der Waals surface area (Å²) in [6.45, 7) is 12.7. The van der Waals surface area contributed by atoms with Gasteiger partial charge in [0.15, 0.2) is 0 Å². The van der Waals surface area contributed by atoms with E-state index in [2.05, 4.69) is 11.9 Å². The molecular weight excluding hydrogens is 538 g/mol. The molecule has 2 amide bonds. The maximum atomic E-state index is 13.1. The number of aromatic nitrogens is 1. The molecule has 4 rings (SSSR count). The molecule has 1 N–H and O–H groups in total. The van der Waals surface area contributed by atoms with Crippen molar-refractivity contribution in [1.82, 2.24) is 14.8 Å². The highest BCUT2D eigenvalue weighted by Crippen LogP contribution is 2.26. The van der Waals surface area contributed by atoms with Gasteiger partial charge in [0.1, 0.15) is 35.5 Å². The maximum Gasteiger partial charge on any atom is 0.410 e. The minimum Gasteiger partial charge on any atom is -0.489 e. The Morgan fingerprint density at radius 1 is 1.17 bits per heavy atom. The number of nitrogens with one attached hydrogen (secondary N) is 1. The quantitative estimate of drug-likeness (QED) is 0.282. The lowest BCUT2D eigenvalue weighted by molar-refractivity contribution is 0.00775. The number of carbonyl (C=O) groups is 2. The number of aryl methyl sites for hydroxylation is 1. The van der Waals surface area contributed by atoms with Gasteiger partial charge in [-0.1, -0.05) is 18.7 Å². The second-order valence-corrected chi connectivity index (χ2v) is 11.9. The summed E-state index contributed by atoms with van der Waals surface area (Å²) in [5, 5.41) is 5.03. The number of benzene rings is 1. The van der Waals surface area contributed by atoms with Gasteiger partial charge < -0.3 is 29.0 Å². The minimum absolute atomic E-state index is 0.104. The number of allylic oxidation sites excluding steroid dienone is 3. The number of hydrogen-bond acceptors (Lipinski definition) is 6. The third kappa shape index (κ3) is 7.82. The average Bonchev–Trinajstić information content (AvgIpc) is 3.52. The van der Waals surface area contributed by atoms with E-state index >= 15 is 0 Å². The molecule has 1 atom stereocenters. The summed E-state index contributed by atoms with van der Waals surface area (Å²) in [6, 6.07) is 11.3. The summed E-state index contributed by atoms with van der Waals surface area (Å²) in [7, 11) is 1.89. The number of ether oxygens (including phenoxy) is 3. The molecule has 3 aromatic rings. The predicted octanol–water partition coefficient (Wildman–Crippen LogP) is 6.84. The van der Waals surface area contributed by atoms with Crippen LogP contribution in [0.15, 0.2) is 77.9 Å². The zero-order chi connectivity index (χ0) is 29.6. The Balaban J connectivity index is 1.33. The molecule has 2 aromatic heterocycles. The molecule has 1 aliphatic heterocycles. The second kappa shape index (κ2) is 13.1. The first-order valence-corrected chi connectivity index (χ1v) is 14.7. The highest BCUT2D eigenvalue weighted by Gasteiger charge is 2.28. The van der Waals surface area contributed by atoms with Crippen LogP contribution in [-0.2, 0) is 11.8 Å². The molecule has 1 unspecified atom stereocenters. The molecule has 0 spiro atoms. The van der Waals surface area contributed by atoms with E-state index in [0.29, 0.717) is 36.0 Å². The lowest BCUT2D eigenvalue weighted by atomic mass is 10.1. The number of hydrogen-bond donors (Lipinski definition) is 1. The number of fused-ring (bicyclic) bond motifs is 1. The van der Waals surface area contributed by atoms with Gasteiger partial charge in [0.2, 0.25) is 0 Å². The molecular formula is C32H39N3O5S. The monoisotopic (exact) mass is 577 g/mol. The van der Waals surface area contributed by atoms with E-state index < -0.39 is 5.60 Å². The highest BCUT2D eigenvalue weighted by atomic mass is 32.1. The summed E-state index contributed by atoms with van der Waals surface area (Å²) in [5.41, 5.74) is 2.53. The maximum absolute atomic E-state index is 13.1. The van der Waals surface area contributed by atoms with E-state index in [-0.39, 0.29) is 24.7 Å². The zero-order valence-corrected chi connectivity index (χ0v) is 25.3. The van der Waals surface area contributed by atoms with Gasteiger partial charge >= 0.3 is 6.09 Å². The molecule has 218 valence electrons. The fraction of sp³-hybridized carbons (Fsp3) is 0.375. The van der Waals surface area contributed by atoms with Crippen molar-refractivity contribution in [3.8, 4) is 11.5 Å². The van der Waals surface area contributed by atoms with Gasteiger partial charge in [0.05, 0.1) is 16.8 Å². The number of amides is 2. The summed E-state index contributed by atoms with van der Waals surface area (Å²) >= 11 is 1.61.